The number of ketones is 2. The first kappa shape index (κ1) is 24.7. The lowest BCUT2D eigenvalue weighted by molar-refractivity contribution is -0.137. The van der Waals surface area contributed by atoms with Gasteiger partial charge in [-0.2, -0.15) is 0 Å². The summed E-state index contributed by atoms with van der Waals surface area (Å²) < 4.78 is 0. The maximum Gasteiger partial charge on any atom is 0.226 e. The highest BCUT2D eigenvalue weighted by molar-refractivity contribution is 5.92. The Morgan fingerprint density at radius 3 is 2.43 bits per heavy atom. The predicted molar refractivity (Wildman–Crippen MR) is 109 cm³/mol. The van der Waals surface area contributed by atoms with E-state index in [4.69, 9.17) is 5.73 Å². The minimum atomic E-state index is -1.00. The Balaban J connectivity index is 2.85. The molecule has 1 aliphatic heterocycles. The van der Waals surface area contributed by atoms with Gasteiger partial charge in [-0.15, -0.1) is 0 Å². The maximum absolute atomic E-state index is 13.1. The van der Waals surface area contributed by atoms with Gasteiger partial charge in [0.15, 0.2) is 5.78 Å². The first-order chi connectivity index (χ1) is 13.1. The lowest BCUT2D eigenvalue weighted by atomic mass is 9.83. The highest BCUT2D eigenvalue weighted by atomic mass is 16.3. The largest absolute Gasteiger partial charge is 0.393 e. The van der Waals surface area contributed by atoms with E-state index in [1.165, 1.54) is 13.8 Å². The summed E-state index contributed by atoms with van der Waals surface area (Å²) in [5.41, 5.74) is 5.53. The van der Waals surface area contributed by atoms with Crippen LogP contribution in [0.3, 0.4) is 0 Å². The van der Waals surface area contributed by atoms with Crippen molar-refractivity contribution >= 4 is 17.5 Å². The van der Waals surface area contributed by atoms with Crippen molar-refractivity contribution in [3.05, 3.63) is 0 Å². The molecule has 28 heavy (non-hydrogen) atoms. The number of carbonyl (C=O) groups is 3. The molecule has 2 unspecified atom stereocenters. The summed E-state index contributed by atoms with van der Waals surface area (Å²) in [4.78, 5) is 39.4. The third-order valence-electron chi connectivity index (χ3n) is 5.46. The zero-order valence-electron chi connectivity index (χ0n) is 17.9. The fourth-order valence-electron chi connectivity index (χ4n) is 3.87. The van der Waals surface area contributed by atoms with Crippen molar-refractivity contribution in [1.82, 2.24) is 15.5 Å². The van der Waals surface area contributed by atoms with E-state index in [-0.39, 0.29) is 36.5 Å². The first-order valence-electron chi connectivity index (χ1n) is 10.2. The van der Waals surface area contributed by atoms with Crippen molar-refractivity contribution in [2.75, 3.05) is 33.2 Å². The highest BCUT2D eigenvalue weighted by Crippen LogP contribution is 2.23. The van der Waals surface area contributed by atoms with Crippen molar-refractivity contribution in [2.24, 2.45) is 23.5 Å². The number of hydrogen-bond donors (Lipinski definition) is 4. The first-order valence-corrected chi connectivity index (χ1v) is 10.2. The Morgan fingerprint density at radius 2 is 1.93 bits per heavy atom. The third-order valence-corrected chi connectivity index (χ3v) is 5.46. The topological polar surface area (TPSA) is 125 Å². The Bertz CT molecular complexity index is 538. The lowest BCUT2D eigenvalue weighted by Crippen LogP contribution is -2.53. The Morgan fingerprint density at radius 1 is 1.29 bits per heavy atom. The molecule has 1 heterocycles. The fourth-order valence-corrected chi connectivity index (χ4v) is 3.87. The van der Waals surface area contributed by atoms with Crippen LogP contribution in [0.1, 0.15) is 40.5 Å². The van der Waals surface area contributed by atoms with Gasteiger partial charge in [0.05, 0.1) is 18.1 Å². The summed E-state index contributed by atoms with van der Waals surface area (Å²) in [5, 5.41) is 15.9. The average Bonchev–Trinajstić information content (AvgIpc) is 2.62. The van der Waals surface area contributed by atoms with Crippen LogP contribution in [0.15, 0.2) is 0 Å². The molecule has 1 rings (SSSR count). The van der Waals surface area contributed by atoms with Gasteiger partial charge in [-0.25, -0.2) is 0 Å². The number of aliphatic hydroxyl groups excluding tert-OH is 1. The molecule has 0 saturated carbocycles. The molecule has 0 aliphatic carbocycles. The fraction of sp³-hybridized carbons (Fsp3) is 0.850. The number of aliphatic hydroxyl groups is 1. The van der Waals surface area contributed by atoms with Crippen molar-refractivity contribution in [2.45, 2.75) is 58.7 Å². The molecule has 1 fully saturated rings. The van der Waals surface area contributed by atoms with Crippen LogP contribution in [0.25, 0.3) is 0 Å². The highest BCUT2D eigenvalue weighted by Gasteiger charge is 2.37. The van der Waals surface area contributed by atoms with E-state index in [0.717, 1.165) is 19.5 Å². The predicted octanol–water partition coefficient (Wildman–Crippen LogP) is -0.459. The van der Waals surface area contributed by atoms with E-state index in [1.807, 2.05) is 7.05 Å². The Kier molecular flexibility index (Phi) is 10.2. The normalized spacial score (nSPS) is 23.3. The Hall–Kier alpha value is -1.35. The van der Waals surface area contributed by atoms with Crippen LogP contribution in [0.5, 0.6) is 0 Å². The summed E-state index contributed by atoms with van der Waals surface area (Å²) in [6.07, 6.45) is -0.195. The molecule has 0 aromatic carbocycles. The summed E-state index contributed by atoms with van der Waals surface area (Å²) in [7, 11) is 2.04. The van der Waals surface area contributed by atoms with Gasteiger partial charge in [0.2, 0.25) is 5.91 Å². The summed E-state index contributed by atoms with van der Waals surface area (Å²) >= 11 is 0. The van der Waals surface area contributed by atoms with Gasteiger partial charge in [0.1, 0.15) is 5.78 Å². The van der Waals surface area contributed by atoms with Gasteiger partial charge >= 0.3 is 0 Å². The van der Waals surface area contributed by atoms with E-state index in [9.17, 15) is 19.5 Å². The minimum absolute atomic E-state index is 0.0177. The molecular formula is C20H38N4O4. The molecule has 0 bridgehead atoms. The van der Waals surface area contributed by atoms with Crippen molar-refractivity contribution in [3.8, 4) is 0 Å². The van der Waals surface area contributed by atoms with Crippen molar-refractivity contribution in [1.29, 1.82) is 0 Å². The van der Waals surface area contributed by atoms with E-state index < -0.39 is 24.0 Å². The molecule has 0 aromatic heterocycles. The van der Waals surface area contributed by atoms with Gasteiger partial charge < -0.3 is 26.4 Å². The number of piperidine rings is 1. The van der Waals surface area contributed by atoms with Crippen molar-refractivity contribution in [3.63, 3.8) is 0 Å². The number of hydrogen-bond acceptors (Lipinski definition) is 7. The molecule has 8 heteroatoms. The molecule has 0 aromatic rings. The number of nitrogens with zero attached hydrogens (tertiary/aromatic N) is 1. The number of rotatable bonds is 11. The van der Waals surface area contributed by atoms with Crippen molar-refractivity contribution < 1.29 is 19.5 Å². The van der Waals surface area contributed by atoms with Gasteiger partial charge in [0, 0.05) is 38.0 Å². The van der Waals surface area contributed by atoms with E-state index in [2.05, 4.69) is 29.4 Å². The molecule has 8 nitrogen and oxygen atoms in total. The Labute approximate surface area is 168 Å². The molecule has 1 saturated heterocycles. The second-order valence-corrected chi connectivity index (χ2v) is 8.43. The molecule has 5 N–H and O–H groups in total. The standard InChI is InChI=1S/C20H38N4O4/c1-12(2)11-24(5)18-6-7-22-10-16(18)19(27)8-15(13(3)25)20(28)23-17(9-21)14(4)26/h12-13,15-18,22,25H,6-11,21H2,1-5H3,(H,23,28)/t13-,15-,16?,17-,18?/m0/s1. The molecular weight excluding hydrogens is 360 g/mol. The molecule has 5 atom stereocenters. The number of nitrogens with two attached hydrogens (primary N) is 1. The third kappa shape index (κ3) is 7.24. The summed E-state index contributed by atoms with van der Waals surface area (Å²) in [5.74, 6) is -1.45. The minimum Gasteiger partial charge on any atom is -0.393 e. The smallest absolute Gasteiger partial charge is 0.226 e. The molecule has 0 spiro atoms. The number of Topliss-reactive ketones (excluding diaryl/α,β-unsaturated/α-hetero) is 2. The second-order valence-electron chi connectivity index (χ2n) is 8.43. The number of carbonyl (C=O) groups excluding carboxylic acids is 3. The zero-order chi connectivity index (χ0) is 21.4. The van der Waals surface area contributed by atoms with Crippen LogP contribution in [-0.4, -0.2) is 78.9 Å². The summed E-state index contributed by atoms with van der Waals surface area (Å²) in [6, 6.07) is -0.687. The number of nitrogens with one attached hydrogen (secondary N) is 2. The van der Waals surface area contributed by atoms with Crippen LogP contribution in [0.2, 0.25) is 0 Å². The van der Waals surface area contributed by atoms with Crippen LogP contribution in [0.4, 0.5) is 0 Å². The number of amides is 1. The zero-order valence-corrected chi connectivity index (χ0v) is 17.9. The SMILES string of the molecule is CC(=O)[C@H](CN)NC(=O)[C@@H](CC(=O)C1CNCCC1N(C)CC(C)C)[C@H](C)O. The van der Waals surface area contributed by atoms with E-state index in [0.29, 0.717) is 12.5 Å². The van der Waals surface area contributed by atoms with E-state index in [1.54, 1.807) is 0 Å². The average molecular weight is 399 g/mol. The van der Waals surface area contributed by atoms with Gasteiger partial charge in [-0.3, -0.25) is 14.4 Å². The summed E-state index contributed by atoms with van der Waals surface area (Å²) in [6.45, 7) is 9.43. The van der Waals surface area contributed by atoms with Crippen LogP contribution in [-0.2, 0) is 14.4 Å². The second kappa shape index (κ2) is 11.6. The van der Waals surface area contributed by atoms with Gasteiger partial charge in [-0.05, 0) is 39.8 Å². The van der Waals surface area contributed by atoms with Gasteiger partial charge in [-0.1, -0.05) is 13.8 Å². The van der Waals surface area contributed by atoms with Gasteiger partial charge in [0.25, 0.3) is 0 Å². The molecule has 1 amide bonds. The quantitative estimate of drug-likeness (QED) is 0.371. The monoisotopic (exact) mass is 398 g/mol. The van der Waals surface area contributed by atoms with Crippen LogP contribution >= 0.6 is 0 Å². The molecule has 1 aliphatic rings. The molecule has 0 radical (unpaired) electrons. The lowest BCUT2D eigenvalue weighted by Gasteiger charge is -2.39. The molecule has 162 valence electrons. The van der Waals surface area contributed by atoms with Crippen LogP contribution < -0.4 is 16.4 Å². The maximum atomic E-state index is 13.1. The van der Waals surface area contributed by atoms with Crippen LogP contribution in [0, 0.1) is 17.8 Å². The van der Waals surface area contributed by atoms with E-state index >= 15 is 0 Å².